The van der Waals surface area contributed by atoms with Crippen molar-refractivity contribution in [3.63, 3.8) is 0 Å². The largest absolute Gasteiger partial charge is 0.478 e. The number of hydrogen-bond donors (Lipinski definition) is 1. The van der Waals surface area contributed by atoms with Crippen molar-refractivity contribution >= 4 is 11.9 Å². The van der Waals surface area contributed by atoms with Crippen LogP contribution in [-0.2, 0) is 6.54 Å². The molecule has 1 amide bonds. The Morgan fingerprint density at radius 1 is 0.906 bits per heavy atom. The first-order chi connectivity index (χ1) is 15.4. The zero-order valence-electron chi connectivity index (χ0n) is 18.3. The van der Waals surface area contributed by atoms with Crippen LogP contribution in [0.5, 0.6) is 0 Å². The molecule has 1 aliphatic rings. The van der Waals surface area contributed by atoms with E-state index in [-0.39, 0.29) is 18.0 Å². The highest BCUT2D eigenvalue weighted by molar-refractivity contribution is 5.96. The topological polar surface area (TPSA) is 73.7 Å². The fraction of sp³-hybridized carbons (Fsp3) is 0.269. The Morgan fingerprint density at radius 2 is 1.56 bits per heavy atom. The van der Waals surface area contributed by atoms with Crippen molar-refractivity contribution in [3.8, 4) is 11.1 Å². The molecular weight excluding hydrogens is 402 g/mol. The summed E-state index contributed by atoms with van der Waals surface area (Å²) in [5, 5.41) is 9.07. The maximum atomic E-state index is 13.4. The SMILES string of the molecule is C[C@@H]1CN(Cc2ccc(C(=O)O)cc2)C[C@H](C)N1C(=O)c1cccc(-c2ccncc2)c1. The van der Waals surface area contributed by atoms with Crippen LogP contribution in [0.15, 0.2) is 73.1 Å². The van der Waals surface area contributed by atoms with Gasteiger partial charge in [-0.2, -0.15) is 0 Å². The van der Waals surface area contributed by atoms with Gasteiger partial charge < -0.3 is 10.0 Å². The predicted octanol–water partition coefficient (Wildman–Crippen LogP) is 4.18. The molecule has 3 aromatic rings. The van der Waals surface area contributed by atoms with Gasteiger partial charge in [0, 0.05) is 49.7 Å². The molecule has 6 heteroatoms. The van der Waals surface area contributed by atoms with Crippen LogP contribution in [0, 0.1) is 0 Å². The molecule has 0 unspecified atom stereocenters. The summed E-state index contributed by atoms with van der Waals surface area (Å²) in [4.78, 5) is 32.8. The summed E-state index contributed by atoms with van der Waals surface area (Å²) in [6, 6.07) is 18.8. The molecule has 32 heavy (non-hydrogen) atoms. The maximum Gasteiger partial charge on any atom is 0.335 e. The summed E-state index contributed by atoms with van der Waals surface area (Å²) in [5.41, 5.74) is 4.09. The number of aromatic nitrogens is 1. The van der Waals surface area contributed by atoms with Gasteiger partial charge in [-0.1, -0.05) is 24.3 Å². The van der Waals surface area contributed by atoms with Crippen LogP contribution in [0.3, 0.4) is 0 Å². The predicted molar refractivity (Wildman–Crippen MR) is 123 cm³/mol. The van der Waals surface area contributed by atoms with Gasteiger partial charge in [0.2, 0.25) is 0 Å². The number of piperazine rings is 1. The number of carboxylic acid groups (broad SMARTS) is 1. The van der Waals surface area contributed by atoms with Gasteiger partial charge in [0.1, 0.15) is 0 Å². The highest BCUT2D eigenvalue weighted by Gasteiger charge is 2.33. The number of benzene rings is 2. The summed E-state index contributed by atoms with van der Waals surface area (Å²) < 4.78 is 0. The smallest absolute Gasteiger partial charge is 0.335 e. The Hall–Kier alpha value is -3.51. The molecule has 1 fully saturated rings. The van der Waals surface area contributed by atoms with Gasteiger partial charge in [-0.25, -0.2) is 4.79 Å². The van der Waals surface area contributed by atoms with Gasteiger partial charge in [-0.15, -0.1) is 0 Å². The first-order valence-corrected chi connectivity index (χ1v) is 10.8. The summed E-state index contributed by atoms with van der Waals surface area (Å²) in [7, 11) is 0. The van der Waals surface area contributed by atoms with E-state index < -0.39 is 5.97 Å². The van der Waals surface area contributed by atoms with Gasteiger partial charge >= 0.3 is 5.97 Å². The fourth-order valence-corrected chi connectivity index (χ4v) is 4.50. The van der Waals surface area contributed by atoms with E-state index in [0.717, 1.165) is 36.3 Å². The average Bonchev–Trinajstić information content (AvgIpc) is 2.79. The van der Waals surface area contributed by atoms with Crippen LogP contribution in [0.25, 0.3) is 11.1 Å². The average molecular weight is 430 g/mol. The molecule has 0 aliphatic carbocycles. The molecular formula is C26H27N3O3. The number of hydrogen-bond acceptors (Lipinski definition) is 4. The van der Waals surface area contributed by atoms with Crippen LogP contribution < -0.4 is 0 Å². The highest BCUT2D eigenvalue weighted by atomic mass is 16.4. The molecule has 1 N–H and O–H groups in total. The van der Waals surface area contributed by atoms with Crippen molar-refractivity contribution in [1.29, 1.82) is 0 Å². The van der Waals surface area contributed by atoms with Gasteiger partial charge in [0.15, 0.2) is 0 Å². The first kappa shape index (κ1) is 21.7. The van der Waals surface area contributed by atoms with Crippen molar-refractivity contribution in [2.24, 2.45) is 0 Å². The minimum Gasteiger partial charge on any atom is -0.478 e. The number of aromatic carboxylic acids is 1. The third-order valence-corrected chi connectivity index (χ3v) is 5.96. The van der Waals surface area contributed by atoms with Crippen LogP contribution in [0.4, 0.5) is 0 Å². The van der Waals surface area contributed by atoms with Crippen LogP contribution >= 0.6 is 0 Å². The molecule has 2 heterocycles. The second kappa shape index (κ2) is 9.32. The molecule has 1 saturated heterocycles. The normalized spacial score (nSPS) is 19.0. The first-order valence-electron chi connectivity index (χ1n) is 10.8. The van der Waals surface area contributed by atoms with Crippen molar-refractivity contribution in [1.82, 2.24) is 14.8 Å². The summed E-state index contributed by atoms with van der Waals surface area (Å²) >= 11 is 0. The Bertz CT molecular complexity index is 1090. The number of carbonyl (C=O) groups excluding carboxylic acids is 1. The number of carbonyl (C=O) groups is 2. The van der Waals surface area contributed by atoms with E-state index in [9.17, 15) is 9.59 Å². The highest BCUT2D eigenvalue weighted by Crippen LogP contribution is 2.24. The van der Waals surface area contributed by atoms with Gasteiger partial charge in [-0.05, 0) is 66.9 Å². The number of carboxylic acids is 1. The lowest BCUT2D eigenvalue weighted by Crippen LogP contribution is -2.58. The fourth-order valence-electron chi connectivity index (χ4n) is 4.50. The molecule has 0 saturated carbocycles. The lowest BCUT2D eigenvalue weighted by Gasteiger charge is -2.44. The summed E-state index contributed by atoms with van der Waals surface area (Å²) in [6.45, 7) is 6.43. The minimum absolute atomic E-state index is 0.0476. The molecule has 1 aliphatic heterocycles. The van der Waals surface area contributed by atoms with E-state index >= 15 is 0 Å². The molecule has 2 atom stereocenters. The van der Waals surface area contributed by atoms with E-state index in [2.05, 4.69) is 23.7 Å². The van der Waals surface area contributed by atoms with Gasteiger partial charge in [0.25, 0.3) is 5.91 Å². The second-order valence-corrected chi connectivity index (χ2v) is 8.42. The third kappa shape index (κ3) is 4.70. The summed E-state index contributed by atoms with van der Waals surface area (Å²) in [5.74, 6) is -0.870. The number of amides is 1. The molecule has 0 radical (unpaired) electrons. The van der Waals surface area contributed by atoms with Crippen LogP contribution in [-0.4, -0.2) is 56.9 Å². The molecule has 4 rings (SSSR count). The minimum atomic E-state index is -0.918. The van der Waals surface area contributed by atoms with Gasteiger partial charge in [-0.3, -0.25) is 14.7 Å². The molecule has 6 nitrogen and oxygen atoms in total. The van der Waals surface area contributed by atoms with E-state index in [4.69, 9.17) is 5.11 Å². The second-order valence-electron chi connectivity index (χ2n) is 8.42. The van der Waals surface area contributed by atoms with E-state index in [1.54, 1.807) is 24.5 Å². The Labute approximate surface area is 188 Å². The molecule has 0 bridgehead atoms. The Kier molecular flexibility index (Phi) is 6.32. The standard InChI is InChI=1S/C26H27N3O3/c1-18-15-28(17-20-6-8-22(9-7-20)26(31)32)16-19(2)29(18)25(30)24-5-3-4-23(14-24)21-10-12-27-13-11-21/h3-14,18-19H,15-17H2,1-2H3,(H,31,32)/t18-,19+. The molecule has 1 aromatic heterocycles. The summed E-state index contributed by atoms with van der Waals surface area (Å²) in [6.07, 6.45) is 3.50. The lowest BCUT2D eigenvalue weighted by atomic mass is 10.0. The third-order valence-electron chi connectivity index (χ3n) is 5.96. The van der Waals surface area contributed by atoms with Crippen LogP contribution in [0.1, 0.15) is 40.1 Å². The molecule has 164 valence electrons. The lowest BCUT2D eigenvalue weighted by molar-refractivity contribution is 0.0268. The van der Waals surface area contributed by atoms with Crippen LogP contribution in [0.2, 0.25) is 0 Å². The van der Waals surface area contributed by atoms with E-state index in [0.29, 0.717) is 11.1 Å². The zero-order valence-corrected chi connectivity index (χ0v) is 18.3. The van der Waals surface area contributed by atoms with Crippen molar-refractivity contribution in [3.05, 3.63) is 89.7 Å². The number of pyridine rings is 1. The quantitative estimate of drug-likeness (QED) is 0.659. The monoisotopic (exact) mass is 429 g/mol. The maximum absolute atomic E-state index is 13.4. The Morgan fingerprint density at radius 3 is 2.19 bits per heavy atom. The number of rotatable bonds is 5. The van der Waals surface area contributed by atoms with Crippen molar-refractivity contribution in [2.75, 3.05) is 13.1 Å². The van der Waals surface area contributed by atoms with Gasteiger partial charge in [0.05, 0.1) is 5.56 Å². The molecule has 2 aromatic carbocycles. The van der Waals surface area contributed by atoms with E-state index in [1.807, 2.05) is 53.4 Å². The number of nitrogens with zero attached hydrogens (tertiary/aromatic N) is 3. The zero-order chi connectivity index (χ0) is 22.7. The van der Waals surface area contributed by atoms with Crippen molar-refractivity contribution in [2.45, 2.75) is 32.5 Å². The van der Waals surface area contributed by atoms with Crippen molar-refractivity contribution < 1.29 is 14.7 Å². The van der Waals surface area contributed by atoms with E-state index in [1.165, 1.54) is 0 Å². The molecule has 0 spiro atoms. The Balaban J connectivity index is 1.45.